The SMILES string of the molecule is COc1cccc(COC(=O)C2CC(=O)N(c3cc(OC)ccc3OC)C2)c1. The molecule has 2 aromatic rings. The van der Waals surface area contributed by atoms with Crippen LogP contribution in [0, 0.1) is 5.92 Å². The Bertz CT molecular complexity index is 866. The molecule has 1 amide bonds. The molecule has 0 spiro atoms. The van der Waals surface area contributed by atoms with E-state index in [1.165, 1.54) is 7.11 Å². The molecule has 28 heavy (non-hydrogen) atoms. The van der Waals surface area contributed by atoms with Gasteiger partial charge in [0.15, 0.2) is 0 Å². The van der Waals surface area contributed by atoms with Gasteiger partial charge in [-0.2, -0.15) is 0 Å². The fourth-order valence-corrected chi connectivity index (χ4v) is 3.14. The van der Waals surface area contributed by atoms with Crippen molar-refractivity contribution in [3.63, 3.8) is 0 Å². The first-order chi connectivity index (χ1) is 13.5. The lowest BCUT2D eigenvalue weighted by atomic mass is 10.1. The van der Waals surface area contributed by atoms with Gasteiger partial charge in [0, 0.05) is 19.0 Å². The van der Waals surface area contributed by atoms with E-state index < -0.39 is 11.9 Å². The van der Waals surface area contributed by atoms with E-state index in [9.17, 15) is 9.59 Å². The van der Waals surface area contributed by atoms with E-state index in [-0.39, 0.29) is 25.5 Å². The third-order valence-electron chi connectivity index (χ3n) is 4.65. The third kappa shape index (κ3) is 4.19. The van der Waals surface area contributed by atoms with Gasteiger partial charge in [0.2, 0.25) is 5.91 Å². The first kappa shape index (κ1) is 19.5. The van der Waals surface area contributed by atoms with Crippen LogP contribution in [0.5, 0.6) is 17.2 Å². The molecular formula is C21H23NO6. The monoisotopic (exact) mass is 385 g/mol. The van der Waals surface area contributed by atoms with Crippen molar-refractivity contribution in [3.05, 3.63) is 48.0 Å². The van der Waals surface area contributed by atoms with Crippen LogP contribution in [0.25, 0.3) is 0 Å². The summed E-state index contributed by atoms with van der Waals surface area (Å²) in [5.74, 6) is 0.748. The number of methoxy groups -OCH3 is 3. The first-order valence-corrected chi connectivity index (χ1v) is 8.87. The number of nitrogens with zero attached hydrogens (tertiary/aromatic N) is 1. The van der Waals surface area contributed by atoms with Crippen molar-refractivity contribution < 1.29 is 28.5 Å². The zero-order chi connectivity index (χ0) is 20.1. The Kier molecular flexibility index (Phi) is 6.03. The lowest BCUT2D eigenvalue weighted by molar-refractivity contribution is -0.149. The van der Waals surface area contributed by atoms with E-state index >= 15 is 0 Å². The van der Waals surface area contributed by atoms with Crippen LogP contribution in [0.2, 0.25) is 0 Å². The number of hydrogen-bond donors (Lipinski definition) is 0. The average molecular weight is 385 g/mol. The summed E-state index contributed by atoms with van der Waals surface area (Å²) >= 11 is 0. The summed E-state index contributed by atoms with van der Waals surface area (Å²) in [6, 6.07) is 12.5. The maximum absolute atomic E-state index is 12.5. The number of esters is 1. The summed E-state index contributed by atoms with van der Waals surface area (Å²) in [5, 5.41) is 0. The Balaban J connectivity index is 1.67. The summed E-state index contributed by atoms with van der Waals surface area (Å²) in [6.07, 6.45) is 0.0946. The van der Waals surface area contributed by atoms with Crippen LogP contribution in [-0.2, 0) is 20.9 Å². The van der Waals surface area contributed by atoms with Crippen molar-refractivity contribution in [2.75, 3.05) is 32.8 Å². The van der Waals surface area contributed by atoms with Crippen LogP contribution < -0.4 is 19.1 Å². The van der Waals surface area contributed by atoms with Crippen LogP contribution in [0.4, 0.5) is 5.69 Å². The van der Waals surface area contributed by atoms with Gasteiger partial charge in [-0.3, -0.25) is 9.59 Å². The van der Waals surface area contributed by atoms with Gasteiger partial charge in [-0.15, -0.1) is 0 Å². The Morgan fingerprint density at radius 1 is 1.04 bits per heavy atom. The van der Waals surface area contributed by atoms with Crippen molar-refractivity contribution in [1.29, 1.82) is 0 Å². The van der Waals surface area contributed by atoms with E-state index in [4.69, 9.17) is 18.9 Å². The van der Waals surface area contributed by atoms with Gasteiger partial charge < -0.3 is 23.8 Å². The predicted molar refractivity (Wildman–Crippen MR) is 103 cm³/mol. The maximum Gasteiger partial charge on any atom is 0.311 e. The number of rotatable bonds is 7. The average Bonchev–Trinajstić information content (AvgIpc) is 3.13. The topological polar surface area (TPSA) is 74.3 Å². The van der Waals surface area contributed by atoms with Crippen molar-refractivity contribution >= 4 is 17.6 Å². The van der Waals surface area contributed by atoms with Crippen LogP contribution in [0.1, 0.15) is 12.0 Å². The molecule has 0 radical (unpaired) electrons. The molecule has 1 atom stereocenters. The highest BCUT2D eigenvalue weighted by Gasteiger charge is 2.37. The van der Waals surface area contributed by atoms with E-state index in [1.807, 2.05) is 18.2 Å². The minimum atomic E-state index is -0.533. The number of carbonyl (C=O) groups excluding carboxylic acids is 2. The van der Waals surface area contributed by atoms with Gasteiger partial charge in [0.05, 0.1) is 32.9 Å². The molecular weight excluding hydrogens is 362 g/mol. The third-order valence-corrected chi connectivity index (χ3v) is 4.65. The Morgan fingerprint density at radius 2 is 1.79 bits per heavy atom. The van der Waals surface area contributed by atoms with Crippen molar-refractivity contribution in [1.82, 2.24) is 0 Å². The Morgan fingerprint density at radius 3 is 2.50 bits per heavy atom. The van der Waals surface area contributed by atoms with Gasteiger partial charge in [-0.1, -0.05) is 12.1 Å². The second-order valence-corrected chi connectivity index (χ2v) is 6.40. The van der Waals surface area contributed by atoms with Crippen molar-refractivity contribution in [2.45, 2.75) is 13.0 Å². The molecule has 1 aliphatic rings. The molecule has 7 nitrogen and oxygen atoms in total. The molecule has 0 aromatic heterocycles. The first-order valence-electron chi connectivity index (χ1n) is 8.87. The minimum absolute atomic E-state index is 0.0946. The smallest absolute Gasteiger partial charge is 0.311 e. The summed E-state index contributed by atoms with van der Waals surface area (Å²) in [7, 11) is 4.67. The maximum atomic E-state index is 12.5. The fraction of sp³-hybridized carbons (Fsp3) is 0.333. The number of benzene rings is 2. The van der Waals surface area contributed by atoms with Gasteiger partial charge >= 0.3 is 5.97 Å². The summed E-state index contributed by atoms with van der Waals surface area (Å²) in [6.45, 7) is 0.364. The van der Waals surface area contributed by atoms with Crippen LogP contribution >= 0.6 is 0 Å². The quantitative estimate of drug-likeness (QED) is 0.683. The van der Waals surface area contributed by atoms with Gasteiger partial charge in [0.1, 0.15) is 23.9 Å². The molecule has 7 heteroatoms. The van der Waals surface area contributed by atoms with Crippen LogP contribution in [0.3, 0.4) is 0 Å². The molecule has 0 bridgehead atoms. The fourth-order valence-electron chi connectivity index (χ4n) is 3.14. The molecule has 3 rings (SSSR count). The summed E-state index contributed by atoms with van der Waals surface area (Å²) in [4.78, 5) is 26.5. The molecule has 1 saturated heterocycles. The van der Waals surface area contributed by atoms with Crippen molar-refractivity contribution in [3.8, 4) is 17.2 Å². The Hall–Kier alpha value is -3.22. The highest BCUT2D eigenvalue weighted by Crippen LogP contribution is 2.36. The highest BCUT2D eigenvalue weighted by atomic mass is 16.5. The zero-order valence-electron chi connectivity index (χ0n) is 16.1. The van der Waals surface area contributed by atoms with Gasteiger partial charge in [-0.25, -0.2) is 0 Å². The van der Waals surface area contributed by atoms with Gasteiger partial charge in [0.25, 0.3) is 0 Å². The van der Waals surface area contributed by atoms with E-state index in [2.05, 4.69) is 0 Å². The van der Waals surface area contributed by atoms with E-state index in [1.54, 1.807) is 43.4 Å². The number of carbonyl (C=O) groups is 2. The molecule has 1 unspecified atom stereocenters. The van der Waals surface area contributed by atoms with Crippen LogP contribution in [-0.4, -0.2) is 39.8 Å². The summed E-state index contributed by atoms with van der Waals surface area (Å²) < 4.78 is 21.2. The number of amides is 1. The van der Waals surface area contributed by atoms with E-state index in [0.29, 0.717) is 22.9 Å². The molecule has 1 fully saturated rings. The van der Waals surface area contributed by atoms with E-state index in [0.717, 1.165) is 5.56 Å². The lowest BCUT2D eigenvalue weighted by Gasteiger charge is -2.20. The molecule has 1 aliphatic heterocycles. The van der Waals surface area contributed by atoms with Crippen molar-refractivity contribution in [2.24, 2.45) is 5.92 Å². The van der Waals surface area contributed by atoms with Gasteiger partial charge in [-0.05, 0) is 29.8 Å². The number of anilines is 1. The molecule has 0 saturated carbocycles. The molecule has 2 aromatic carbocycles. The largest absolute Gasteiger partial charge is 0.497 e. The minimum Gasteiger partial charge on any atom is -0.497 e. The second kappa shape index (κ2) is 8.65. The van der Waals surface area contributed by atoms with Crippen LogP contribution in [0.15, 0.2) is 42.5 Å². The lowest BCUT2D eigenvalue weighted by Crippen LogP contribution is -2.26. The number of hydrogen-bond acceptors (Lipinski definition) is 6. The normalized spacial score (nSPS) is 16.0. The molecule has 0 N–H and O–H groups in total. The molecule has 0 aliphatic carbocycles. The highest BCUT2D eigenvalue weighted by molar-refractivity contribution is 6.00. The number of ether oxygens (including phenoxy) is 4. The second-order valence-electron chi connectivity index (χ2n) is 6.40. The molecule has 148 valence electrons. The predicted octanol–water partition coefficient (Wildman–Crippen LogP) is 2.81. The Labute approximate surface area is 163 Å². The molecule has 1 heterocycles. The standard InChI is InChI=1S/C21H23NO6/c1-25-16-6-4-5-14(9-16)13-28-21(24)15-10-20(23)22(12-15)18-11-17(26-2)7-8-19(18)27-3/h4-9,11,15H,10,12-13H2,1-3H3. The summed E-state index contributed by atoms with van der Waals surface area (Å²) in [5.41, 5.74) is 1.40. The zero-order valence-corrected chi connectivity index (χ0v) is 16.1.